The Hall–Kier alpha value is -1.10. The van der Waals surface area contributed by atoms with E-state index in [1.165, 1.54) is 12.8 Å². The first kappa shape index (κ1) is 13.3. The Bertz CT molecular complexity index is 364. The van der Waals surface area contributed by atoms with E-state index in [2.05, 4.69) is 41.2 Å². The summed E-state index contributed by atoms with van der Waals surface area (Å²) in [6.45, 7) is 10.3. The molecule has 102 valence electrons. The Morgan fingerprint density at radius 3 is 3.00 bits per heavy atom. The summed E-state index contributed by atoms with van der Waals surface area (Å²) in [6, 6.07) is 0.683. The SMILES string of the molecule is CC(C)CNCc1nnc(N2CCCC(C)C2)o1. The average molecular weight is 252 g/mol. The number of nitrogens with one attached hydrogen (secondary N) is 1. The predicted octanol–water partition coefficient (Wildman–Crippen LogP) is 2.05. The second kappa shape index (κ2) is 6.18. The third kappa shape index (κ3) is 3.70. The molecular weight excluding hydrogens is 228 g/mol. The molecule has 18 heavy (non-hydrogen) atoms. The van der Waals surface area contributed by atoms with E-state index in [1.54, 1.807) is 0 Å². The van der Waals surface area contributed by atoms with Crippen LogP contribution in [0.2, 0.25) is 0 Å². The third-order valence-electron chi connectivity index (χ3n) is 3.21. The molecule has 1 unspecified atom stereocenters. The number of aromatic nitrogens is 2. The number of nitrogens with zero attached hydrogens (tertiary/aromatic N) is 3. The van der Waals surface area contributed by atoms with Crippen LogP contribution in [0, 0.1) is 11.8 Å². The van der Waals surface area contributed by atoms with Crippen LogP contribution in [-0.4, -0.2) is 29.8 Å². The van der Waals surface area contributed by atoms with Crippen molar-refractivity contribution >= 4 is 6.01 Å². The van der Waals surface area contributed by atoms with Gasteiger partial charge in [0, 0.05) is 13.1 Å². The van der Waals surface area contributed by atoms with Crippen LogP contribution in [0.1, 0.15) is 39.5 Å². The lowest BCUT2D eigenvalue weighted by Crippen LogP contribution is -2.34. The first-order valence-electron chi connectivity index (χ1n) is 6.93. The van der Waals surface area contributed by atoms with Crippen molar-refractivity contribution in [2.45, 2.75) is 40.2 Å². The zero-order valence-corrected chi connectivity index (χ0v) is 11.6. The second-order valence-electron chi connectivity index (χ2n) is 5.70. The molecule has 1 aromatic heterocycles. The molecule has 5 heteroatoms. The van der Waals surface area contributed by atoms with Gasteiger partial charge in [0.15, 0.2) is 0 Å². The summed E-state index contributed by atoms with van der Waals surface area (Å²) >= 11 is 0. The standard InChI is InChI=1S/C13H24N4O/c1-10(2)7-14-8-12-15-16-13(18-12)17-6-4-5-11(3)9-17/h10-11,14H,4-9H2,1-3H3. The summed E-state index contributed by atoms with van der Waals surface area (Å²) in [5.41, 5.74) is 0. The first-order valence-corrected chi connectivity index (χ1v) is 6.93. The van der Waals surface area contributed by atoms with E-state index in [1.807, 2.05) is 0 Å². The van der Waals surface area contributed by atoms with E-state index in [9.17, 15) is 0 Å². The molecule has 0 aromatic carbocycles. The van der Waals surface area contributed by atoms with E-state index in [0.29, 0.717) is 30.3 Å². The molecule has 0 spiro atoms. The zero-order chi connectivity index (χ0) is 13.0. The van der Waals surface area contributed by atoms with Crippen molar-refractivity contribution in [3.05, 3.63) is 5.89 Å². The highest BCUT2D eigenvalue weighted by Gasteiger charge is 2.20. The maximum Gasteiger partial charge on any atom is 0.318 e. The Morgan fingerprint density at radius 1 is 1.44 bits per heavy atom. The van der Waals surface area contributed by atoms with E-state index >= 15 is 0 Å². The summed E-state index contributed by atoms with van der Waals surface area (Å²) in [4.78, 5) is 2.20. The van der Waals surface area contributed by atoms with Gasteiger partial charge in [-0.15, -0.1) is 5.10 Å². The highest BCUT2D eigenvalue weighted by molar-refractivity contribution is 5.24. The molecule has 1 fully saturated rings. The monoisotopic (exact) mass is 252 g/mol. The number of hydrogen-bond acceptors (Lipinski definition) is 5. The van der Waals surface area contributed by atoms with Crippen LogP contribution >= 0.6 is 0 Å². The van der Waals surface area contributed by atoms with Gasteiger partial charge in [-0.1, -0.05) is 25.9 Å². The van der Waals surface area contributed by atoms with Crippen molar-refractivity contribution in [3.63, 3.8) is 0 Å². The number of hydrogen-bond donors (Lipinski definition) is 1. The van der Waals surface area contributed by atoms with E-state index in [0.717, 1.165) is 19.6 Å². The lowest BCUT2D eigenvalue weighted by molar-refractivity contribution is 0.400. The van der Waals surface area contributed by atoms with Crippen LogP contribution in [0.5, 0.6) is 0 Å². The maximum absolute atomic E-state index is 5.69. The molecule has 2 heterocycles. The van der Waals surface area contributed by atoms with Crippen LogP contribution in [0.3, 0.4) is 0 Å². The fraction of sp³-hybridized carbons (Fsp3) is 0.846. The lowest BCUT2D eigenvalue weighted by Gasteiger charge is -2.28. The fourth-order valence-corrected chi connectivity index (χ4v) is 2.27. The Kier molecular flexibility index (Phi) is 4.58. The Balaban J connectivity index is 1.85. The van der Waals surface area contributed by atoms with Gasteiger partial charge < -0.3 is 14.6 Å². The number of anilines is 1. The van der Waals surface area contributed by atoms with Crippen LogP contribution < -0.4 is 10.2 Å². The third-order valence-corrected chi connectivity index (χ3v) is 3.21. The average Bonchev–Trinajstić information content (AvgIpc) is 2.77. The minimum Gasteiger partial charge on any atom is -0.407 e. The quantitative estimate of drug-likeness (QED) is 0.869. The van der Waals surface area contributed by atoms with Gasteiger partial charge in [0.05, 0.1) is 6.54 Å². The van der Waals surface area contributed by atoms with Crippen LogP contribution in [0.25, 0.3) is 0 Å². The number of piperidine rings is 1. The van der Waals surface area contributed by atoms with Crippen molar-refractivity contribution in [1.29, 1.82) is 0 Å². The van der Waals surface area contributed by atoms with Gasteiger partial charge >= 0.3 is 6.01 Å². The minimum absolute atomic E-state index is 0.635. The Morgan fingerprint density at radius 2 is 2.28 bits per heavy atom. The predicted molar refractivity (Wildman–Crippen MR) is 71.5 cm³/mol. The molecule has 0 amide bonds. The van der Waals surface area contributed by atoms with Gasteiger partial charge in [0.1, 0.15) is 0 Å². The molecule has 1 aliphatic heterocycles. The van der Waals surface area contributed by atoms with Gasteiger partial charge in [0.2, 0.25) is 5.89 Å². The van der Waals surface area contributed by atoms with Gasteiger partial charge in [-0.25, -0.2) is 0 Å². The molecular formula is C13H24N4O. The first-order chi connectivity index (χ1) is 8.65. The van der Waals surface area contributed by atoms with E-state index in [4.69, 9.17) is 4.42 Å². The van der Waals surface area contributed by atoms with Crippen LogP contribution in [0.4, 0.5) is 6.01 Å². The van der Waals surface area contributed by atoms with Crippen LogP contribution in [0.15, 0.2) is 4.42 Å². The fourth-order valence-electron chi connectivity index (χ4n) is 2.27. The minimum atomic E-state index is 0.635. The van der Waals surface area contributed by atoms with Gasteiger partial charge in [-0.3, -0.25) is 0 Å². The molecule has 0 bridgehead atoms. The molecule has 1 aliphatic rings. The lowest BCUT2D eigenvalue weighted by atomic mass is 10.0. The van der Waals surface area contributed by atoms with Crippen LogP contribution in [-0.2, 0) is 6.54 Å². The molecule has 2 rings (SSSR count). The van der Waals surface area contributed by atoms with E-state index < -0.39 is 0 Å². The molecule has 0 aliphatic carbocycles. The molecule has 1 aromatic rings. The summed E-state index contributed by atoms with van der Waals surface area (Å²) in [5, 5.41) is 11.5. The Labute approximate surface area is 109 Å². The summed E-state index contributed by atoms with van der Waals surface area (Å²) < 4.78 is 5.69. The van der Waals surface area contributed by atoms with Gasteiger partial charge in [-0.05, 0) is 31.2 Å². The van der Waals surface area contributed by atoms with Crippen molar-refractivity contribution in [2.75, 3.05) is 24.5 Å². The highest BCUT2D eigenvalue weighted by atomic mass is 16.4. The molecule has 0 saturated carbocycles. The normalized spacial score (nSPS) is 20.7. The van der Waals surface area contributed by atoms with E-state index in [-0.39, 0.29) is 0 Å². The van der Waals surface area contributed by atoms with Crippen molar-refractivity contribution in [2.24, 2.45) is 11.8 Å². The molecule has 0 radical (unpaired) electrons. The summed E-state index contributed by atoms with van der Waals surface area (Å²) in [5.74, 6) is 2.03. The second-order valence-corrected chi connectivity index (χ2v) is 5.70. The highest BCUT2D eigenvalue weighted by Crippen LogP contribution is 2.21. The largest absolute Gasteiger partial charge is 0.407 e. The van der Waals surface area contributed by atoms with Gasteiger partial charge in [-0.2, -0.15) is 0 Å². The molecule has 1 saturated heterocycles. The molecule has 5 nitrogen and oxygen atoms in total. The molecule has 1 N–H and O–H groups in total. The topological polar surface area (TPSA) is 54.2 Å². The zero-order valence-electron chi connectivity index (χ0n) is 11.6. The van der Waals surface area contributed by atoms with Crippen molar-refractivity contribution in [1.82, 2.24) is 15.5 Å². The number of rotatable bonds is 5. The summed E-state index contributed by atoms with van der Waals surface area (Å²) in [6.07, 6.45) is 2.51. The van der Waals surface area contributed by atoms with Gasteiger partial charge in [0.25, 0.3) is 0 Å². The maximum atomic E-state index is 5.69. The van der Waals surface area contributed by atoms with Crippen molar-refractivity contribution < 1.29 is 4.42 Å². The smallest absolute Gasteiger partial charge is 0.318 e. The van der Waals surface area contributed by atoms with Crippen molar-refractivity contribution in [3.8, 4) is 0 Å². The summed E-state index contributed by atoms with van der Waals surface area (Å²) in [7, 11) is 0. The molecule has 1 atom stereocenters.